The Kier molecular flexibility index (Phi) is 4.01. The van der Waals surface area contributed by atoms with Crippen LogP contribution >= 0.6 is 23.5 Å². The first-order valence-corrected chi connectivity index (χ1v) is 6.39. The fraction of sp³-hybridized carbons (Fsp3) is 0.600. The van der Waals surface area contributed by atoms with Crippen LogP contribution in [0.1, 0.15) is 20.3 Å². The van der Waals surface area contributed by atoms with Gasteiger partial charge in [-0.2, -0.15) is 10.5 Å². The molecule has 0 unspecified atom stereocenters. The smallest absolute Gasteiger partial charge is 0.159 e. The molecule has 1 aliphatic rings. The second kappa shape index (κ2) is 4.90. The third-order valence-electron chi connectivity index (χ3n) is 2.63. The summed E-state index contributed by atoms with van der Waals surface area (Å²) in [6, 6.07) is 0. The van der Waals surface area contributed by atoms with Gasteiger partial charge in [0.2, 0.25) is 0 Å². The van der Waals surface area contributed by atoms with E-state index in [1.54, 1.807) is 13.8 Å². The van der Waals surface area contributed by atoms with Crippen molar-refractivity contribution in [2.75, 3.05) is 0 Å². The molecule has 0 aromatic rings. The van der Waals surface area contributed by atoms with Crippen molar-refractivity contribution in [2.45, 2.75) is 30.8 Å². The van der Waals surface area contributed by atoms with Crippen molar-refractivity contribution >= 4 is 35.1 Å². The molecule has 0 heterocycles. The molecule has 0 amide bonds. The van der Waals surface area contributed by atoms with Crippen LogP contribution in [0.4, 0.5) is 0 Å². The zero-order valence-corrected chi connectivity index (χ0v) is 10.5. The largest absolute Gasteiger partial charge is 0.297 e. The molecule has 1 fully saturated rings. The highest BCUT2D eigenvalue weighted by Crippen LogP contribution is 2.39. The maximum atomic E-state index is 11.9. The highest BCUT2D eigenvalue weighted by atomic mass is 32.2. The van der Waals surface area contributed by atoms with E-state index in [4.69, 9.17) is 10.5 Å². The summed E-state index contributed by atoms with van der Waals surface area (Å²) in [5.41, 5.74) is -1.08. The first kappa shape index (κ1) is 13.1. The molecule has 0 aliphatic heterocycles. The van der Waals surface area contributed by atoms with Crippen molar-refractivity contribution < 1.29 is 9.59 Å². The highest BCUT2D eigenvalue weighted by molar-refractivity contribution is 8.06. The average molecular weight is 254 g/mol. The number of nitrogens with zero attached hydrogens (tertiary/aromatic N) is 2. The molecule has 84 valence electrons. The lowest BCUT2D eigenvalue weighted by molar-refractivity contribution is -0.140. The summed E-state index contributed by atoms with van der Waals surface area (Å²) < 4.78 is 0. The van der Waals surface area contributed by atoms with E-state index in [2.05, 4.69) is 0 Å². The molecular weight excluding hydrogens is 244 g/mol. The number of carbonyl (C=O) groups is 2. The van der Waals surface area contributed by atoms with E-state index < -0.39 is 15.9 Å². The summed E-state index contributed by atoms with van der Waals surface area (Å²) in [6.07, 6.45) is 0.275. The molecule has 0 bridgehead atoms. The first-order chi connectivity index (χ1) is 7.45. The molecule has 0 saturated heterocycles. The zero-order chi connectivity index (χ0) is 12.3. The quantitative estimate of drug-likeness (QED) is 0.551. The number of Topliss-reactive ketones (excluding diaryl/α,β-unsaturated/α-hetero) is 2. The summed E-state index contributed by atoms with van der Waals surface area (Å²) in [7, 11) is 0. The summed E-state index contributed by atoms with van der Waals surface area (Å²) in [6.45, 7) is 3.12. The lowest BCUT2D eigenvalue weighted by atomic mass is 9.74. The van der Waals surface area contributed by atoms with E-state index in [0.29, 0.717) is 0 Å². The van der Waals surface area contributed by atoms with Gasteiger partial charge in [0.05, 0.1) is 15.9 Å². The molecule has 0 radical (unpaired) electrons. The molecule has 2 atom stereocenters. The van der Waals surface area contributed by atoms with E-state index in [0.717, 1.165) is 23.5 Å². The minimum atomic E-state index is -1.08. The SMILES string of the molecule is CC1(C)C(=O)[C@H](SC#N)C[C@@H](SC#N)C1=O. The zero-order valence-electron chi connectivity index (χ0n) is 8.89. The molecule has 16 heavy (non-hydrogen) atoms. The van der Waals surface area contributed by atoms with E-state index in [-0.39, 0.29) is 18.0 Å². The third kappa shape index (κ3) is 2.23. The Balaban J connectivity index is 2.98. The van der Waals surface area contributed by atoms with Crippen LogP contribution in [-0.4, -0.2) is 22.1 Å². The summed E-state index contributed by atoms with van der Waals surface area (Å²) in [5, 5.41) is 19.9. The number of nitriles is 2. The van der Waals surface area contributed by atoms with Crippen molar-refractivity contribution in [3.63, 3.8) is 0 Å². The molecule has 1 aliphatic carbocycles. The predicted molar refractivity (Wildman–Crippen MR) is 62.4 cm³/mol. The molecular formula is C10H10N2O2S2. The van der Waals surface area contributed by atoms with Gasteiger partial charge in [-0.25, -0.2) is 0 Å². The number of hydrogen-bond acceptors (Lipinski definition) is 6. The average Bonchev–Trinajstić information content (AvgIpc) is 2.23. The summed E-state index contributed by atoms with van der Waals surface area (Å²) >= 11 is 1.75. The van der Waals surface area contributed by atoms with Gasteiger partial charge in [-0.3, -0.25) is 9.59 Å². The minimum absolute atomic E-state index is 0.209. The van der Waals surface area contributed by atoms with Crippen LogP contribution in [0.15, 0.2) is 0 Å². The number of rotatable bonds is 2. The molecule has 0 aromatic carbocycles. The van der Waals surface area contributed by atoms with Crippen molar-refractivity contribution in [3.8, 4) is 10.8 Å². The van der Waals surface area contributed by atoms with Crippen molar-refractivity contribution in [2.24, 2.45) is 5.41 Å². The Hall–Kier alpha value is -0.980. The third-order valence-corrected chi connectivity index (χ3v) is 4.23. The predicted octanol–water partition coefficient (Wildman–Crippen LogP) is 1.72. The van der Waals surface area contributed by atoms with Gasteiger partial charge >= 0.3 is 0 Å². The second-order valence-electron chi connectivity index (χ2n) is 3.98. The lowest BCUT2D eigenvalue weighted by Crippen LogP contribution is -2.50. The number of thiocyanates is 2. The molecule has 0 aromatic heterocycles. The van der Waals surface area contributed by atoms with Crippen LogP contribution in [0.25, 0.3) is 0 Å². The Bertz CT molecular complexity index is 370. The molecule has 6 heteroatoms. The van der Waals surface area contributed by atoms with Gasteiger partial charge in [0.25, 0.3) is 0 Å². The Labute approximate surface area is 102 Å². The standard InChI is InChI=1S/C10H10N2O2S2/c1-10(2)8(13)6(15-4-11)3-7(9(10)14)16-5-12/h6-7H,3H2,1-2H3/t6-,7-/m1/s1. The second-order valence-corrected chi connectivity index (χ2v) is 5.96. The van der Waals surface area contributed by atoms with Crippen LogP contribution < -0.4 is 0 Å². The van der Waals surface area contributed by atoms with Gasteiger partial charge in [-0.05, 0) is 43.8 Å². The van der Waals surface area contributed by atoms with Crippen molar-refractivity contribution in [1.29, 1.82) is 10.5 Å². The number of thioether (sulfide) groups is 2. The molecule has 0 N–H and O–H groups in total. The molecule has 4 nitrogen and oxygen atoms in total. The van der Waals surface area contributed by atoms with Gasteiger partial charge in [0.1, 0.15) is 10.8 Å². The Morgan fingerprint density at radius 2 is 1.50 bits per heavy atom. The Morgan fingerprint density at radius 3 is 1.81 bits per heavy atom. The van der Waals surface area contributed by atoms with Crippen molar-refractivity contribution in [1.82, 2.24) is 0 Å². The number of carbonyl (C=O) groups excluding carboxylic acids is 2. The lowest BCUT2D eigenvalue weighted by Gasteiger charge is -2.34. The van der Waals surface area contributed by atoms with Gasteiger partial charge in [0, 0.05) is 0 Å². The summed E-state index contributed by atoms with van der Waals surface area (Å²) in [5.74, 6) is -0.419. The van der Waals surface area contributed by atoms with E-state index in [1.807, 2.05) is 10.8 Å². The van der Waals surface area contributed by atoms with E-state index in [9.17, 15) is 9.59 Å². The van der Waals surface area contributed by atoms with Gasteiger partial charge in [-0.15, -0.1) is 0 Å². The molecule has 1 rings (SSSR count). The van der Waals surface area contributed by atoms with Crippen LogP contribution in [0, 0.1) is 26.7 Å². The fourth-order valence-electron chi connectivity index (χ4n) is 1.67. The summed E-state index contributed by atoms with van der Waals surface area (Å²) in [4.78, 5) is 23.8. The Morgan fingerprint density at radius 1 is 1.12 bits per heavy atom. The van der Waals surface area contributed by atoms with E-state index in [1.165, 1.54) is 0 Å². The van der Waals surface area contributed by atoms with Gasteiger partial charge in [0.15, 0.2) is 11.6 Å². The first-order valence-electron chi connectivity index (χ1n) is 4.63. The minimum Gasteiger partial charge on any atom is -0.297 e. The topological polar surface area (TPSA) is 81.7 Å². The maximum absolute atomic E-state index is 11.9. The van der Waals surface area contributed by atoms with Crippen LogP contribution in [0.2, 0.25) is 0 Å². The number of hydrogen-bond donors (Lipinski definition) is 0. The fourth-order valence-corrected chi connectivity index (χ4v) is 3.42. The van der Waals surface area contributed by atoms with Crippen LogP contribution in [0.5, 0.6) is 0 Å². The maximum Gasteiger partial charge on any atom is 0.159 e. The van der Waals surface area contributed by atoms with Crippen LogP contribution in [-0.2, 0) is 9.59 Å². The van der Waals surface area contributed by atoms with Crippen molar-refractivity contribution in [3.05, 3.63) is 0 Å². The molecule has 0 spiro atoms. The van der Waals surface area contributed by atoms with Crippen LogP contribution in [0.3, 0.4) is 0 Å². The van der Waals surface area contributed by atoms with E-state index >= 15 is 0 Å². The monoisotopic (exact) mass is 254 g/mol. The number of ketones is 2. The van der Waals surface area contributed by atoms with Gasteiger partial charge in [-0.1, -0.05) is 0 Å². The normalized spacial score (nSPS) is 28.2. The molecule has 1 saturated carbocycles. The van der Waals surface area contributed by atoms with Gasteiger partial charge < -0.3 is 0 Å². The highest BCUT2D eigenvalue weighted by Gasteiger charge is 2.49.